The number of carbonyl (C=O) groups excluding carboxylic acids is 1. The molecule has 2 rings (SSSR count). The Morgan fingerprint density at radius 2 is 1.48 bits per heavy atom. The predicted octanol–water partition coefficient (Wildman–Crippen LogP) is 3.84. The molecule has 0 aromatic carbocycles. The highest BCUT2D eigenvalue weighted by atomic mass is 35.5. The summed E-state index contributed by atoms with van der Waals surface area (Å²) in [5, 5.41) is 0. The van der Waals surface area contributed by atoms with Gasteiger partial charge in [0.2, 0.25) is 0 Å². The molecule has 3 nitrogen and oxygen atoms in total. The van der Waals surface area contributed by atoms with Gasteiger partial charge < -0.3 is 4.74 Å². The van der Waals surface area contributed by atoms with Crippen LogP contribution in [0.4, 0.5) is 0 Å². The van der Waals surface area contributed by atoms with Crippen molar-refractivity contribution in [3.63, 3.8) is 0 Å². The van der Waals surface area contributed by atoms with Gasteiger partial charge in [-0.15, -0.1) is 12.4 Å². The lowest BCUT2D eigenvalue weighted by Crippen LogP contribution is -2.41. The number of nitrogens with zero attached hydrogens (tertiary/aromatic N) is 1. The third kappa shape index (κ3) is 7.62. The van der Waals surface area contributed by atoms with Crippen molar-refractivity contribution < 1.29 is 9.53 Å². The summed E-state index contributed by atoms with van der Waals surface area (Å²) in [4.78, 5) is 14.9. The van der Waals surface area contributed by atoms with Crippen molar-refractivity contribution in [3.05, 3.63) is 0 Å². The van der Waals surface area contributed by atoms with Crippen molar-refractivity contribution in [1.82, 2.24) is 4.90 Å². The summed E-state index contributed by atoms with van der Waals surface area (Å²) in [5.41, 5.74) is 0. The average Bonchev–Trinajstić information content (AvgIpc) is 2.47. The van der Waals surface area contributed by atoms with E-state index in [9.17, 15) is 4.79 Å². The van der Waals surface area contributed by atoms with Gasteiger partial charge in [-0.2, -0.15) is 0 Å². The quantitative estimate of drug-likeness (QED) is 0.775. The molecule has 1 aliphatic heterocycles. The summed E-state index contributed by atoms with van der Waals surface area (Å²) in [6.45, 7) is 4.65. The third-order valence-corrected chi connectivity index (χ3v) is 4.76. The smallest absolute Gasteiger partial charge is 0.137 e. The molecule has 0 radical (unpaired) electrons. The van der Waals surface area contributed by atoms with Gasteiger partial charge in [0, 0.05) is 32.0 Å². The van der Waals surface area contributed by atoms with Gasteiger partial charge in [0.15, 0.2) is 0 Å². The van der Waals surface area contributed by atoms with E-state index in [-0.39, 0.29) is 18.3 Å². The van der Waals surface area contributed by atoms with Crippen LogP contribution in [0.1, 0.15) is 64.2 Å². The lowest BCUT2D eigenvalue weighted by molar-refractivity contribution is -0.124. The van der Waals surface area contributed by atoms with Crippen molar-refractivity contribution in [3.8, 4) is 0 Å². The molecule has 0 aromatic heterocycles. The molecular formula is C17H32ClNO2. The van der Waals surface area contributed by atoms with E-state index >= 15 is 0 Å². The Labute approximate surface area is 136 Å². The molecule has 1 saturated carbocycles. The highest BCUT2D eigenvalue weighted by Gasteiger charge is 2.22. The van der Waals surface area contributed by atoms with Crippen LogP contribution in [0, 0.1) is 5.92 Å². The third-order valence-electron chi connectivity index (χ3n) is 4.76. The fourth-order valence-corrected chi connectivity index (χ4v) is 3.40. The zero-order valence-corrected chi connectivity index (χ0v) is 14.2. The van der Waals surface area contributed by atoms with Gasteiger partial charge in [-0.1, -0.05) is 44.9 Å². The Bertz CT molecular complexity index is 280. The first-order valence-corrected chi connectivity index (χ1v) is 8.69. The van der Waals surface area contributed by atoms with Gasteiger partial charge >= 0.3 is 0 Å². The van der Waals surface area contributed by atoms with Gasteiger partial charge in [-0.25, -0.2) is 0 Å². The number of hydrogen-bond acceptors (Lipinski definition) is 3. The lowest BCUT2D eigenvalue weighted by atomic mass is 9.91. The van der Waals surface area contributed by atoms with Crippen molar-refractivity contribution in [2.45, 2.75) is 64.2 Å². The number of hydrogen-bond donors (Lipinski definition) is 0. The van der Waals surface area contributed by atoms with Crippen LogP contribution in [0.2, 0.25) is 0 Å². The average molecular weight is 318 g/mol. The van der Waals surface area contributed by atoms with Gasteiger partial charge in [0.1, 0.15) is 5.78 Å². The molecule has 1 atom stereocenters. The number of carbonyl (C=O) groups is 1. The largest absolute Gasteiger partial charge is 0.379 e. The molecule has 2 aliphatic rings. The van der Waals surface area contributed by atoms with E-state index in [1.807, 2.05) is 0 Å². The molecule has 1 unspecified atom stereocenters. The first-order chi connectivity index (χ1) is 9.86. The molecule has 21 heavy (non-hydrogen) atoms. The highest BCUT2D eigenvalue weighted by molar-refractivity contribution is 5.85. The second-order valence-electron chi connectivity index (χ2n) is 6.44. The zero-order valence-electron chi connectivity index (χ0n) is 13.4. The molecule has 0 amide bonds. The SMILES string of the molecule is Cl.O=C1CCCCCCCCCCC1CN1CCOCC1. The molecular weight excluding hydrogens is 286 g/mol. The zero-order chi connectivity index (χ0) is 14.0. The molecule has 0 aromatic rings. The molecule has 124 valence electrons. The predicted molar refractivity (Wildman–Crippen MR) is 89.2 cm³/mol. The minimum absolute atomic E-state index is 0. The molecule has 0 spiro atoms. The van der Waals surface area contributed by atoms with Crippen LogP contribution in [-0.4, -0.2) is 43.5 Å². The Balaban J connectivity index is 0.00000220. The van der Waals surface area contributed by atoms with Crippen LogP contribution in [0.3, 0.4) is 0 Å². The van der Waals surface area contributed by atoms with Gasteiger partial charge in [-0.05, 0) is 12.8 Å². The maximum Gasteiger partial charge on any atom is 0.137 e. The molecule has 1 heterocycles. The first-order valence-electron chi connectivity index (χ1n) is 8.69. The molecule has 4 heteroatoms. The Morgan fingerprint density at radius 1 is 0.905 bits per heavy atom. The molecule has 1 saturated heterocycles. The van der Waals surface area contributed by atoms with Crippen molar-refractivity contribution in [1.29, 1.82) is 0 Å². The summed E-state index contributed by atoms with van der Waals surface area (Å²) < 4.78 is 5.40. The van der Waals surface area contributed by atoms with Crippen molar-refractivity contribution >= 4 is 18.2 Å². The van der Waals surface area contributed by atoms with Crippen LogP contribution in [0.5, 0.6) is 0 Å². The standard InChI is InChI=1S/C17H31NO2.ClH/c19-17-10-8-6-4-2-1-3-5-7-9-16(17)15-18-11-13-20-14-12-18;/h16H,1-15H2;1H. The lowest BCUT2D eigenvalue weighted by Gasteiger charge is -2.30. The summed E-state index contributed by atoms with van der Waals surface area (Å²) in [6, 6.07) is 0. The van der Waals surface area contributed by atoms with Gasteiger partial charge in [-0.3, -0.25) is 9.69 Å². The van der Waals surface area contributed by atoms with Gasteiger partial charge in [0.25, 0.3) is 0 Å². The van der Waals surface area contributed by atoms with Crippen LogP contribution in [-0.2, 0) is 9.53 Å². The molecule has 0 bridgehead atoms. The second kappa shape index (κ2) is 11.4. The summed E-state index contributed by atoms with van der Waals surface area (Å²) in [7, 11) is 0. The first kappa shape index (κ1) is 18.9. The summed E-state index contributed by atoms with van der Waals surface area (Å²) in [6.07, 6.45) is 12.3. The minimum Gasteiger partial charge on any atom is -0.379 e. The Hall–Kier alpha value is -0.120. The van der Waals surface area contributed by atoms with Crippen LogP contribution >= 0.6 is 12.4 Å². The Kier molecular flexibility index (Phi) is 10.3. The molecule has 0 N–H and O–H groups in total. The number of morpholine rings is 1. The number of rotatable bonds is 2. The fraction of sp³-hybridized carbons (Fsp3) is 0.941. The number of halogens is 1. The Morgan fingerprint density at radius 3 is 2.14 bits per heavy atom. The van der Waals surface area contributed by atoms with Crippen molar-refractivity contribution in [2.75, 3.05) is 32.8 Å². The number of ketones is 1. The second-order valence-corrected chi connectivity index (χ2v) is 6.44. The van der Waals surface area contributed by atoms with E-state index in [0.29, 0.717) is 5.78 Å². The van der Waals surface area contributed by atoms with E-state index in [1.165, 1.54) is 44.9 Å². The minimum atomic E-state index is 0. The van der Waals surface area contributed by atoms with E-state index in [0.717, 1.165) is 52.1 Å². The van der Waals surface area contributed by atoms with Crippen LogP contribution in [0.15, 0.2) is 0 Å². The fourth-order valence-electron chi connectivity index (χ4n) is 3.40. The van der Waals surface area contributed by atoms with Crippen LogP contribution in [0.25, 0.3) is 0 Å². The van der Waals surface area contributed by atoms with E-state index in [2.05, 4.69) is 4.90 Å². The van der Waals surface area contributed by atoms with E-state index in [1.54, 1.807) is 0 Å². The monoisotopic (exact) mass is 317 g/mol. The topological polar surface area (TPSA) is 29.5 Å². The normalized spacial score (nSPS) is 27.2. The maximum atomic E-state index is 12.4. The molecule has 1 aliphatic carbocycles. The molecule has 2 fully saturated rings. The van der Waals surface area contributed by atoms with E-state index < -0.39 is 0 Å². The summed E-state index contributed by atoms with van der Waals surface area (Å²) >= 11 is 0. The summed E-state index contributed by atoms with van der Waals surface area (Å²) in [5.74, 6) is 0.810. The van der Waals surface area contributed by atoms with Crippen molar-refractivity contribution in [2.24, 2.45) is 5.92 Å². The number of ether oxygens (including phenoxy) is 1. The van der Waals surface area contributed by atoms with Crippen LogP contribution < -0.4 is 0 Å². The highest BCUT2D eigenvalue weighted by Crippen LogP contribution is 2.20. The maximum absolute atomic E-state index is 12.4. The van der Waals surface area contributed by atoms with Gasteiger partial charge in [0.05, 0.1) is 13.2 Å². The number of Topliss-reactive ketones (excluding diaryl/α,β-unsaturated/α-hetero) is 1. The van der Waals surface area contributed by atoms with E-state index in [4.69, 9.17) is 4.74 Å².